The Morgan fingerprint density at radius 3 is 1.67 bits per heavy atom. The highest BCUT2D eigenvalue weighted by molar-refractivity contribution is 14.1. The van der Waals surface area contributed by atoms with Crippen LogP contribution < -0.4 is 5.46 Å². The highest BCUT2D eigenvalue weighted by Crippen LogP contribution is 2.56. The minimum Gasteiger partial charge on any atom is -0.499 e. The highest BCUT2D eigenvalue weighted by atomic mass is 127. The van der Waals surface area contributed by atoms with Crippen LogP contribution in [0.4, 0.5) is 0 Å². The second-order valence-corrected chi connectivity index (χ2v) is 15.6. The second-order valence-electron chi connectivity index (χ2n) is 6.29. The third-order valence-electron chi connectivity index (χ3n) is 4.50. The molecule has 2 radical (unpaired) electrons. The van der Waals surface area contributed by atoms with Crippen molar-refractivity contribution in [2.24, 2.45) is 0 Å². The van der Waals surface area contributed by atoms with Gasteiger partial charge in [-0.15, -0.1) is 45.3 Å². The zero-order valence-corrected chi connectivity index (χ0v) is 25.0. The number of fused-ring (bicyclic) bond motifs is 5. The number of aromatic hydroxyl groups is 2. The number of thiophene rings is 6. The summed E-state index contributed by atoms with van der Waals surface area (Å²) >= 11 is 18.2. The average Bonchev–Trinajstić information content (AvgIpc) is 3.47. The molecular formula is C18H4BBrI2O2S6. The maximum atomic E-state index is 9.90. The Kier molecular flexibility index (Phi) is 5.32. The first-order chi connectivity index (χ1) is 14.3. The minimum atomic E-state index is 0.318. The van der Waals surface area contributed by atoms with E-state index in [-0.39, 0.29) is 0 Å². The topological polar surface area (TPSA) is 40.5 Å². The lowest BCUT2D eigenvalue weighted by Gasteiger charge is -1.96. The third kappa shape index (κ3) is 3.04. The van der Waals surface area contributed by atoms with Crippen molar-refractivity contribution in [1.82, 2.24) is 0 Å². The van der Waals surface area contributed by atoms with Gasteiger partial charge in [0.05, 0.1) is 42.6 Å². The van der Waals surface area contributed by atoms with E-state index in [1.807, 2.05) is 6.07 Å². The van der Waals surface area contributed by atoms with E-state index in [0.717, 1.165) is 36.4 Å². The van der Waals surface area contributed by atoms with Crippen LogP contribution in [-0.2, 0) is 0 Å². The fraction of sp³-hybridized carbons (Fsp3) is 0. The number of rotatable bonds is 2. The van der Waals surface area contributed by atoms with Gasteiger partial charge in [-0.05, 0) is 61.1 Å². The second kappa shape index (κ2) is 7.55. The van der Waals surface area contributed by atoms with Gasteiger partial charge in [0.15, 0.2) is 10.1 Å². The molecule has 6 aromatic heterocycles. The Morgan fingerprint density at radius 2 is 1.10 bits per heavy atom. The van der Waals surface area contributed by atoms with E-state index in [1.165, 1.54) is 51.1 Å². The van der Waals surface area contributed by atoms with Crippen molar-refractivity contribution in [2.45, 2.75) is 0 Å². The lowest BCUT2D eigenvalue weighted by Crippen LogP contribution is -2.00. The van der Waals surface area contributed by atoms with Gasteiger partial charge >= 0.3 is 0 Å². The first-order valence-corrected chi connectivity index (χ1v) is 16.0. The summed E-state index contributed by atoms with van der Waals surface area (Å²) in [6.45, 7) is 0. The molecule has 12 heteroatoms. The van der Waals surface area contributed by atoms with E-state index in [9.17, 15) is 10.2 Å². The van der Waals surface area contributed by atoms with Crippen LogP contribution in [0.5, 0.6) is 10.1 Å². The summed E-state index contributed by atoms with van der Waals surface area (Å²) in [6.07, 6.45) is 0. The molecule has 6 aromatic rings. The molecule has 6 heterocycles. The van der Waals surface area contributed by atoms with Gasteiger partial charge in [-0.25, -0.2) is 0 Å². The standard InChI is InChI=1S/C18H4BBrI2O2S6/c19-7-11(9-3(21)1-5(23)25-9)27-15-12(7)28-18-16-14(30-17(15)18)8(20)13(29-16)10-4(22)2-6(24)26-10/h1-2,23-24H. The third-order valence-corrected chi connectivity index (χ3v) is 16.0. The fourth-order valence-electron chi connectivity index (χ4n) is 3.25. The molecule has 0 aliphatic heterocycles. The summed E-state index contributed by atoms with van der Waals surface area (Å²) in [4.78, 5) is 4.37. The van der Waals surface area contributed by atoms with Gasteiger partial charge < -0.3 is 10.2 Å². The summed E-state index contributed by atoms with van der Waals surface area (Å²) < 4.78 is 10.7. The average molecular weight is 789 g/mol. The van der Waals surface area contributed by atoms with Gasteiger partial charge in [0.1, 0.15) is 7.85 Å². The quantitative estimate of drug-likeness (QED) is 0.136. The number of hydrogen-bond acceptors (Lipinski definition) is 8. The van der Waals surface area contributed by atoms with E-state index in [0.29, 0.717) is 10.1 Å². The van der Waals surface area contributed by atoms with Crippen molar-refractivity contribution < 1.29 is 10.2 Å². The van der Waals surface area contributed by atoms with Crippen LogP contribution in [0.25, 0.3) is 47.7 Å². The minimum absolute atomic E-state index is 0.318. The summed E-state index contributed by atoms with van der Waals surface area (Å²) in [7, 11) is 6.58. The number of halogens is 3. The first kappa shape index (κ1) is 21.1. The molecule has 2 nitrogen and oxygen atoms in total. The van der Waals surface area contributed by atoms with Gasteiger partial charge in [-0.1, -0.05) is 28.1 Å². The van der Waals surface area contributed by atoms with Gasteiger partial charge in [-0.2, -0.15) is 0 Å². The van der Waals surface area contributed by atoms with Crippen LogP contribution in [0.15, 0.2) is 16.6 Å². The molecule has 0 atom stereocenters. The van der Waals surface area contributed by atoms with E-state index >= 15 is 0 Å². The summed E-state index contributed by atoms with van der Waals surface area (Å²) in [5.74, 6) is 0. The van der Waals surface area contributed by atoms with Crippen LogP contribution in [0, 0.1) is 7.14 Å². The van der Waals surface area contributed by atoms with Gasteiger partial charge in [0.2, 0.25) is 0 Å². The molecule has 0 spiro atoms. The SMILES string of the molecule is [B]c1c(-c2sc(O)cc2I)sc2c1sc1c3sc(-c4sc(O)cc4I)c(Br)c3sc21. The van der Waals surface area contributed by atoms with E-state index in [1.54, 1.807) is 51.4 Å². The predicted molar refractivity (Wildman–Crippen MR) is 159 cm³/mol. The first-order valence-electron chi connectivity index (χ1n) is 8.16. The Morgan fingerprint density at radius 1 is 0.633 bits per heavy atom. The molecular weight excluding hydrogens is 785 g/mol. The molecule has 6 rings (SSSR count). The molecule has 0 saturated carbocycles. The molecule has 0 aromatic carbocycles. The van der Waals surface area contributed by atoms with Crippen molar-refractivity contribution >= 4 is 171 Å². The highest BCUT2D eigenvalue weighted by Gasteiger charge is 2.25. The van der Waals surface area contributed by atoms with Crippen molar-refractivity contribution in [1.29, 1.82) is 0 Å². The fourth-order valence-corrected chi connectivity index (χ4v) is 14.6. The van der Waals surface area contributed by atoms with Crippen molar-refractivity contribution in [2.75, 3.05) is 0 Å². The Hall–Kier alpha value is 0.585. The molecule has 0 aliphatic rings. The molecule has 0 aliphatic carbocycles. The molecule has 30 heavy (non-hydrogen) atoms. The molecule has 0 amide bonds. The van der Waals surface area contributed by atoms with E-state index in [2.05, 4.69) is 61.1 Å². The maximum absolute atomic E-state index is 9.90. The van der Waals surface area contributed by atoms with Crippen LogP contribution >= 0.6 is 129 Å². The van der Waals surface area contributed by atoms with Crippen molar-refractivity contribution in [3.8, 4) is 29.6 Å². The Bertz CT molecular complexity index is 1510. The molecule has 148 valence electrons. The predicted octanol–water partition coefficient (Wildman–Crippen LogP) is 9.03. The molecule has 0 fully saturated rings. The van der Waals surface area contributed by atoms with Crippen LogP contribution in [0.3, 0.4) is 0 Å². The summed E-state index contributed by atoms with van der Waals surface area (Å²) in [5, 5.41) is 20.4. The largest absolute Gasteiger partial charge is 0.499 e. The zero-order chi connectivity index (χ0) is 20.9. The molecule has 0 bridgehead atoms. The Labute approximate surface area is 231 Å². The van der Waals surface area contributed by atoms with Crippen LogP contribution in [0.2, 0.25) is 0 Å². The van der Waals surface area contributed by atoms with Gasteiger partial charge in [-0.3, -0.25) is 0 Å². The Balaban J connectivity index is 1.60. The molecule has 0 unspecified atom stereocenters. The maximum Gasteiger partial charge on any atom is 0.172 e. The molecule has 2 N–H and O–H groups in total. The summed E-state index contributed by atoms with van der Waals surface area (Å²) in [5.41, 5.74) is 0.810. The lowest BCUT2D eigenvalue weighted by molar-refractivity contribution is 0.490. The van der Waals surface area contributed by atoms with Crippen LogP contribution in [-0.4, -0.2) is 18.1 Å². The van der Waals surface area contributed by atoms with Crippen LogP contribution in [0.1, 0.15) is 0 Å². The normalized spacial score (nSPS) is 12.2. The van der Waals surface area contributed by atoms with Crippen molar-refractivity contribution in [3.05, 3.63) is 23.7 Å². The molecule has 0 saturated heterocycles. The van der Waals surface area contributed by atoms with Crippen molar-refractivity contribution in [3.63, 3.8) is 0 Å². The van der Waals surface area contributed by atoms with E-state index in [4.69, 9.17) is 7.85 Å². The smallest absolute Gasteiger partial charge is 0.172 e. The van der Waals surface area contributed by atoms with Gasteiger partial charge in [0.25, 0.3) is 0 Å². The monoisotopic (exact) mass is 788 g/mol. The van der Waals surface area contributed by atoms with E-state index < -0.39 is 0 Å². The zero-order valence-electron chi connectivity index (χ0n) is 14.2. The lowest BCUT2D eigenvalue weighted by atomic mass is 9.96. The van der Waals surface area contributed by atoms with Gasteiger partial charge in [0, 0.05) is 28.9 Å². The summed E-state index contributed by atoms with van der Waals surface area (Å²) in [6, 6.07) is 3.59. The number of hydrogen-bond donors (Lipinski definition) is 2.